The van der Waals surface area contributed by atoms with Crippen molar-refractivity contribution in [1.82, 2.24) is 10.2 Å². The minimum Gasteiger partial charge on any atom is -0.493 e. The van der Waals surface area contributed by atoms with Crippen molar-refractivity contribution in [3.05, 3.63) is 23.8 Å². The highest BCUT2D eigenvalue weighted by Crippen LogP contribution is 2.28. The second kappa shape index (κ2) is 10.6. The van der Waals surface area contributed by atoms with Gasteiger partial charge in [-0.2, -0.15) is 0 Å². The van der Waals surface area contributed by atoms with Crippen LogP contribution in [0.1, 0.15) is 18.4 Å². The molecule has 2 rings (SSSR count). The van der Waals surface area contributed by atoms with Crippen molar-refractivity contribution in [1.29, 1.82) is 0 Å². The van der Waals surface area contributed by atoms with Gasteiger partial charge in [0.05, 0.1) is 26.7 Å². The maximum Gasteiger partial charge on any atom is 0.303 e. The van der Waals surface area contributed by atoms with E-state index in [2.05, 4.69) is 10.2 Å². The number of nitrogens with one attached hydrogen (secondary N) is 1. The Kier molecular flexibility index (Phi) is 8.17. The van der Waals surface area contributed by atoms with Gasteiger partial charge in [-0.15, -0.1) is 0 Å². The fourth-order valence-electron chi connectivity index (χ4n) is 2.56. The molecule has 2 N–H and O–H groups in total. The second-order valence-electron chi connectivity index (χ2n) is 5.96. The van der Waals surface area contributed by atoms with Gasteiger partial charge in [-0.05, 0) is 17.7 Å². The van der Waals surface area contributed by atoms with Crippen LogP contribution in [0.5, 0.6) is 11.5 Å². The van der Waals surface area contributed by atoms with Crippen molar-refractivity contribution in [2.24, 2.45) is 0 Å². The maximum absolute atomic E-state index is 11.6. The average molecular weight is 366 g/mol. The molecule has 1 aromatic carbocycles. The third kappa shape index (κ3) is 6.89. The molecule has 8 nitrogen and oxygen atoms in total. The summed E-state index contributed by atoms with van der Waals surface area (Å²) in [6.07, 6.45) is -0.210. The Labute approximate surface area is 153 Å². The SMILES string of the molecule is COc1ccc(CNC(=O)CCC(=O)O)cc1OCCN1CCOCC1. The largest absolute Gasteiger partial charge is 0.493 e. The smallest absolute Gasteiger partial charge is 0.303 e. The molecule has 0 saturated carbocycles. The fraction of sp³-hybridized carbons (Fsp3) is 0.556. The van der Waals surface area contributed by atoms with E-state index in [0.717, 1.165) is 38.4 Å². The first-order valence-electron chi connectivity index (χ1n) is 8.67. The molecule has 0 unspecified atom stereocenters. The van der Waals surface area contributed by atoms with Crippen molar-refractivity contribution in [2.45, 2.75) is 19.4 Å². The number of nitrogens with zero attached hydrogens (tertiary/aromatic N) is 1. The number of benzene rings is 1. The Morgan fingerprint density at radius 1 is 1.23 bits per heavy atom. The Morgan fingerprint density at radius 2 is 2.00 bits per heavy atom. The number of hydrogen-bond donors (Lipinski definition) is 2. The first-order chi connectivity index (χ1) is 12.6. The average Bonchev–Trinajstić information content (AvgIpc) is 2.65. The van der Waals surface area contributed by atoms with Crippen molar-refractivity contribution in [2.75, 3.05) is 46.6 Å². The van der Waals surface area contributed by atoms with E-state index < -0.39 is 5.97 Å². The Balaban J connectivity index is 1.83. The van der Waals surface area contributed by atoms with Crippen LogP contribution in [-0.4, -0.2) is 68.4 Å². The molecule has 0 spiro atoms. The molecule has 0 aliphatic carbocycles. The first-order valence-corrected chi connectivity index (χ1v) is 8.67. The fourth-order valence-corrected chi connectivity index (χ4v) is 2.56. The standard InChI is InChI=1S/C18H26N2O6/c1-24-15-3-2-14(13-19-17(21)4-5-18(22)23)12-16(15)26-11-8-20-6-9-25-10-7-20/h2-3,12H,4-11,13H2,1H3,(H,19,21)(H,22,23). The van der Waals surface area contributed by atoms with E-state index in [1.54, 1.807) is 13.2 Å². The summed E-state index contributed by atoms with van der Waals surface area (Å²) in [5, 5.41) is 11.3. The van der Waals surface area contributed by atoms with Crippen molar-refractivity contribution >= 4 is 11.9 Å². The molecule has 1 fully saturated rings. The minimum absolute atomic E-state index is 0.0333. The van der Waals surface area contributed by atoms with Gasteiger partial charge in [-0.25, -0.2) is 0 Å². The van der Waals surface area contributed by atoms with Gasteiger partial charge in [0.25, 0.3) is 0 Å². The van der Waals surface area contributed by atoms with Crippen LogP contribution in [0.2, 0.25) is 0 Å². The minimum atomic E-state index is -0.986. The van der Waals surface area contributed by atoms with Crippen LogP contribution in [0.3, 0.4) is 0 Å². The highest BCUT2D eigenvalue weighted by Gasteiger charge is 2.12. The van der Waals surface area contributed by atoms with Crippen LogP contribution in [0.15, 0.2) is 18.2 Å². The van der Waals surface area contributed by atoms with Gasteiger partial charge in [0.15, 0.2) is 11.5 Å². The van der Waals surface area contributed by atoms with Gasteiger partial charge in [0, 0.05) is 32.6 Å². The Hall–Kier alpha value is -2.32. The van der Waals surface area contributed by atoms with E-state index >= 15 is 0 Å². The number of hydrogen-bond acceptors (Lipinski definition) is 6. The van der Waals surface area contributed by atoms with Gasteiger partial charge in [0.2, 0.25) is 5.91 Å². The molecule has 1 amide bonds. The van der Waals surface area contributed by atoms with Crippen molar-refractivity contribution in [3.8, 4) is 11.5 Å². The summed E-state index contributed by atoms with van der Waals surface area (Å²) in [7, 11) is 1.58. The number of carboxylic acids is 1. The number of methoxy groups -OCH3 is 1. The van der Waals surface area contributed by atoms with Gasteiger partial charge in [0.1, 0.15) is 6.61 Å². The highest BCUT2D eigenvalue weighted by atomic mass is 16.5. The van der Waals surface area contributed by atoms with Crippen LogP contribution >= 0.6 is 0 Å². The van der Waals surface area contributed by atoms with E-state index in [9.17, 15) is 9.59 Å². The third-order valence-corrected chi connectivity index (χ3v) is 4.05. The monoisotopic (exact) mass is 366 g/mol. The van der Waals surface area contributed by atoms with E-state index in [-0.39, 0.29) is 18.7 Å². The summed E-state index contributed by atoms with van der Waals surface area (Å²) in [6.45, 7) is 4.96. The molecule has 1 aliphatic heterocycles. The number of rotatable bonds is 10. The van der Waals surface area contributed by atoms with Gasteiger partial charge < -0.3 is 24.6 Å². The normalized spacial score (nSPS) is 14.7. The molecule has 0 atom stereocenters. The number of amides is 1. The summed E-state index contributed by atoms with van der Waals surface area (Å²) in [5.74, 6) is -0.0236. The summed E-state index contributed by atoms with van der Waals surface area (Å²) >= 11 is 0. The zero-order valence-electron chi connectivity index (χ0n) is 15.0. The topological polar surface area (TPSA) is 97.3 Å². The summed E-state index contributed by atoms with van der Waals surface area (Å²) in [4.78, 5) is 24.4. The molecule has 1 aromatic rings. The molecule has 144 valence electrons. The molecule has 1 saturated heterocycles. The summed E-state index contributed by atoms with van der Waals surface area (Å²) in [5.41, 5.74) is 0.857. The van der Waals surface area contributed by atoms with Crippen molar-refractivity contribution in [3.63, 3.8) is 0 Å². The molecule has 0 radical (unpaired) electrons. The zero-order valence-corrected chi connectivity index (χ0v) is 15.0. The molecule has 1 aliphatic rings. The van der Waals surface area contributed by atoms with Crippen molar-refractivity contribution < 1.29 is 28.9 Å². The van der Waals surface area contributed by atoms with E-state index in [0.29, 0.717) is 24.7 Å². The zero-order chi connectivity index (χ0) is 18.8. The quantitative estimate of drug-likeness (QED) is 0.635. The lowest BCUT2D eigenvalue weighted by atomic mass is 10.2. The molecule has 8 heteroatoms. The molecule has 0 aromatic heterocycles. The van der Waals surface area contributed by atoms with Crippen LogP contribution in [0.4, 0.5) is 0 Å². The Bertz CT molecular complexity index is 601. The lowest BCUT2D eigenvalue weighted by Gasteiger charge is -2.26. The summed E-state index contributed by atoms with van der Waals surface area (Å²) < 4.78 is 16.5. The highest BCUT2D eigenvalue weighted by molar-refractivity contribution is 5.80. The summed E-state index contributed by atoms with van der Waals surface area (Å²) in [6, 6.07) is 5.46. The van der Waals surface area contributed by atoms with E-state index in [1.807, 2.05) is 12.1 Å². The predicted octanol–water partition coefficient (Wildman–Crippen LogP) is 0.887. The number of carbonyl (C=O) groups is 2. The number of morpholine rings is 1. The third-order valence-electron chi connectivity index (χ3n) is 4.05. The van der Waals surface area contributed by atoms with Gasteiger partial charge >= 0.3 is 5.97 Å². The van der Waals surface area contributed by atoms with Crippen LogP contribution in [-0.2, 0) is 20.9 Å². The second-order valence-corrected chi connectivity index (χ2v) is 5.96. The number of carbonyl (C=O) groups excluding carboxylic acids is 1. The Morgan fingerprint density at radius 3 is 2.69 bits per heavy atom. The number of aliphatic carboxylic acids is 1. The lowest BCUT2D eigenvalue weighted by Crippen LogP contribution is -2.38. The number of ether oxygens (including phenoxy) is 3. The molecule has 0 bridgehead atoms. The first kappa shape index (κ1) is 20.0. The lowest BCUT2D eigenvalue weighted by molar-refractivity contribution is -0.138. The van der Waals surface area contributed by atoms with Crippen LogP contribution in [0, 0.1) is 0 Å². The van der Waals surface area contributed by atoms with E-state index in [4.69, 9.17) is 19.3 Å². The molecular formula is C18H26N2O6. The van der Waals surface area contributed by atoms with Crippen LogP contribution in [0.25, 0.3) is 0 Å². The molecular weight excluding hydrogens is 340 g/mol. The molecule has 1 heterocycles. The predicted molar refractivity (Wildman–Crippen MR) is 94.5 cm³/mol. The molecule has 26 heavy (non-hydrogen) atoms. The van der Waals surface area contributed by atoms with Gasteiger partial charge in [-0.1, -0.05) is 6.07 Å². The number of carboxylic acid groups (broad SMARTS) is 1. The van der Waals surface area contributed by atoms with E-state index in [1.165, 1.54) is 0 Å². The van der Waals surface area contributed by atoms with Crippen LogP contribution < -0.4 is 14.8 Å². The maximum atomic E-state index is 11.6. The van der Waals surface area contributed by atoms with Gasteiger partial charge in [-0.3, -0.25) is 14.5 Å².